The fourth-order valence-electron chi connectivity index (χ4n) is 2.67. The van der Waals surface area contributed by atoms with Gasteiger partial charge in [-0.25, -0.2) is 4.39 Å². The lowest BCUT2D eigenvalue weighted by molar-refractivity contribution is -0.143. The largest absolute Gasteiger partial charge is 0.481 e. The van der Waals surface area contributed by atoms with Crippen LogP contribution in [-0.2, 0) is 4.79 Å². The molecule has 1 aromatic carbocycles. The molecule has 0 amide bonds. The number of hydrogen-bond donors (Lipinski definition) is 2. The zero-order valence-corrected chi connectivity index (χ0v) is 11.8. The Bertz CT molecular complexity index is 524. The van der Waals surface area contributed by atoms with Crippen molar-refractivity contribution in [2.45, 2.75) is 18.9 Å². The van der Waals surface area contributed by atoms with E-state index in [1.165, 1.54) is 6.07 Å². The number of likely N-dealkylation sites (tertiary alicyclic amines) is 1. The number of nitrogens with zero attached hydrogens (tertiary/aromatic N) is 1. The first-order valence-electron chi connectivity index (χ1n) is 6.51. The van der Waals surface area contributed by atoms with Crippen LogP contribution < -0.4 is 5.73 Å². The lowest BCUT2D eigenvalue weighted by Gasteiger charge is -2.36. The monoisotopic (exact) mass is 296 g/mol. The summed E-state index contributed by atoms with van der Waals surface area (Å²) in [4.78, 5) is 13.2. The summed E-state index contributed by atoms with van der Waals surface area (Å²) in [6.45, 7) is 1.01. The summed E-state index contributed by atoms with van der Waals surface area (Å²) in [5.74, 6) is -1.65. The van der Waals surface area contributed by atoms with Gasteiger partial charge in [-0.2, -0.15) is 0 Å². The van der Waals surface area contributed by atoms with Gasteiger partial charge in [0, 0.05) is 12.1 Å². The smallest absolute Gasteiger partial charge is 0.307 e. The molecule has 1 aliphatic rings. The molecule has 4 nitrogen and oxygen atoms in total. The van der Waals surface area contributed by atoms with Crippen LogP contribution in [0.5, 0.6) is 0 Å². The maximum Gasteiger partial charge on any atom is 0.307 e. The average Bonchev–Trinajstić information content (AvgIpc) is 2.41. The van der Waals surface area contributed by atoms with Gasteiger partial charge in [-0.3, -0.25) is 9.69 Å². The molecular formula is C14H17FN2O2S. The number of halogens is 1. The Kier molecular flexibility index (Phi) is 4.67. The highest BCUT2D eigenvalue weighted by Crippen LogP contribution is 2.29. The van der Waals surface area contributed by atoms with E-state index >= 15 is 0 Å². The number of piperidine rings is 1. The number of carboxylic acid groups (broad SMARTS) is 1. The molecule has 1 aromatic rings. The highest BCUT2D eigenvalue weighted by atomic mass is 32.1. The summed E-state index contributed by atoms with van der Waals surface area (Å²) < 4.78 is 14.0. The van der Waals surface area contributed by atoms with Gasteiger partial charge in [0.25, 0.3) is 0 Å². The summed E-state index contributed by atoms with van der Waals surface area (Å²) in [5.41, 5.74) is 6.17. The summed E-state index contributed by atoms with van der Waals surface area (Å²) in [5, 5.41) is 9.14. The molecule has 2 unspecified atom stereocenters. The molecule has 2 atom stereocenters. The van der Waals surface area contributed by atoms with E-state index in [1.54, 1.807) is 18.2 Å². The van der Waals surface area contributed by atoms with Gasteiger partial charge >= 0.3 is 5.97 Å². The van der Waals surface area contributed by atoms with Gasteiger partial charge in [0.2, 0.25) is 0 Å². The van der Waals surface area contributed by atoms with Crippen LogP contribution in [0.2, 0.25) is 0 Å². The van der Waals surface area contributed by atoms with Gasteiger partial charge in [0.05, 0.1) is 16.9 Å². The van der Waals surface area contributed by atoms with Gasteiger partial charge in [0.1, 0.15) is 5.82 Å². The maximum absolute atomic E-state index is 14.0. The van der Waals surface area contributed by atoms with Crippen molar-refractivity contribution in [2.24, 2.45) is 11.7 Å². The fourth-order valence-corrected chi connectivity index (χ4v) is 2.95. The number of benzene rings is 1. The van der Waals surface area contributed by atoms with E-state index in [9.17, 15) is 9.18 Å². The van der Waals surface area contributed by atoms with Gasteiger partial charge in [-0.05, 0) is 25.5 Å². The average molecular weight is 296 g/mol. The number of hydrogen-bond acceptors (Lipinski definition) is 3. The number of carboxylic acids is 1. The number of carbonyl (C=O) groups is 1. The van der Waals surface area contributed by atoms with E-state index < -0.39 is 17.9 Å². The van der Waals surface area contributed by atoms with Crippen LogP contribution in [0.15, 0.2) is 24.3 Å². The van der Waals surface area contributed by atoms with Crippen molar-refractivity contribution in [3.63, 3.8) is 0 Å². The van der Waals surface area contributed by atoms with E-state index in [0.717, 1.165) is 6.42 Å². The lowest BCUT2D eigenvalue weighted by Crippen LogP contribution is -2.45. The van der Waals surface area contributed by atoms with Gasteiger partial charge in [-0.1, -0.05) is 30.4 Å². The standard InChI is InChI=1S/C14H17FN2O2S/c15-11-6-2-1-5-10(11)12(13(16)20)17-7-3-4-9(8-17)14(18)19/h1-2,5-6,9,12H,3-4,7-8H2,(H2,16,20)(H,18,19). The molecule has 2 rings (SSSR count). The number of thiocarbonyl (C=S) groups is 1. The molecule has 0 radical (unpaired) electrons. The molecule has 1 aliphatic heterocycles. The highest BCUT2D eigenvalue weighted by Gasteiger charge is 2.32. The predicted octanol–water partition coefficient (Wildman–Crippen LogP) is 1.95. The number of rotatable bonds is 4. The molecule has 0 bridgehead atoms. The summed E-state index contributed by atoms with van der Waals surface area (Å²) >= 11 is 5.07. The Balaban J connectivity index is 2.27. The van der Waals surface area contributed by atoms with Crippen molar-refractivity contribution in [1.29, 1.82) is 0 Å². The predicted molar refractivity (Wildman–Crippen MR) is 77.9 cm³/mol. The van der Waals surface area contributed by atoms with Crippen LogP contribution >= 0.6 is 12.2 Å². The fraction of sp³-hybridized carbons (Fsp3) is 0.429. The molecular weight excluding hydrogens is 279 g/mol. The molecule has 0 aliphatic carbocycles. The van der Waals surface area contributed by atoms with Crippen LogP contribution in [0.3, 0.4) is 0 Å². The van der Waals surface area contributed by atoms with Crippen LogP contribution in [0.4, 0.5) is 4.39 Å². The van der Waals surface area contributed by atoms with E-state index in [4.69, 9.17) is 23.1 Å². The maximum atomic E-state index is 14.0. The van der Waals surface area contributed by atoms with Crippen molar-refractivity contribution in [1.82, 2.24) is 4.90 Å². The molecule has 1 heterocycles. The van der Waals surface area contributed by atoms with Crippen molar-refractivity contribution >= 4 is 23.2 Å². The third-order valence-corrected chi connectivity index (χ3v) is 3.86. The minimum absolute atomic E-state index is 0.168. The molecule has 3 N–H and O–H groups in total. The Hall–Kier alpha value is -1.53. The van der Waals surface area contributed by atoms with E-state index in [0.29, 0.717) is 25.1 Å². The Morgan fingerprint density at radius 1 is 1.50 bits per heavy atom. The molecule has 1 fully saturated rings. The second-order valence-corrected chi connectivity index (χ2v) is 5.47. The van der Waals surface area contributed by atoms with E-state index in [1.807, 2.05) is 4.90 Å². The minimum Gasteiger partial charge on any atom is -0.481 e. The first kappa shape index (κ1) is 14.9. The normalized spacial score (nSPS) is 21.4. The van der Waals surface area contributed by atoms with Crippen molar-refractivity contribution in [3.8, 4) is 0 Å². The van der Waals surface area contributed by atoms with Gasteiger partial charge in [-0.15, -0.1) is 0 Å². The van der Waals surface area contributed by atoms with Crippen molar-refractivity contribution in [2.75, 3.05) is 13.1 Å². The van der Waals surface area contributed by atoms with Crippen LogP contribution in [-0.4, -0.2) is 34.1 Å². The summed E-state index contributed by atoms with van der Waals surface area (Å²) in [6, 6.07) is 5.78. The Morgan fingerprint density at radius 3 is 2.80 bits per heavy atom. The Labute approximate surface area is 122 Å². The molecule has 0 spiro atoms. The second-order valence-electron chi connectivity index (χ2n) is 5.00. The SMILES string of the molecule is NC(=S)C(c1ccccc1F)N1CCCC(C(=O)O)C1. The van der Waals surface area contributed by atoms with Crippen molar-refractivity contribution in [3.05, 3.63) is 35.6 Å². The second kappa shape index (κ2) is 6.28. The third-order valence-electron chi connectivity index (χ3n) is 3.64. The summed E-state index contributed by atoms with van der Waals surface area (Å²) in [6.07, 6.45) is 1.37. The molecule has 0 saturated carbocycles. The molecule has 6 heteroatoms. The van der Waals surface area contributed by atoms with E-state index in [2.05, 4.69) is 0 Å². The zero-order valence-electron chi connectivity index (χ0n) is 11.0. The van der Waals surface area contributed by atoms with E-state index in [-0.39, 0.29) is 10.8 Å². The Morgan fingerprint density at radius 2 is 2.20 bits per heavy atom. The van der Waals surface area contributed by atoms with Crippen LogP contribution in [0.25, 0.3) is 0 Å². The first-order chi connectivity index (χ1) is 9.50. The highest BCUT2D eigenvalue weighted by molar-refractivity contribution is 7.80. The van der Waals surface area contributed by atoms with Crippen LogP contribution in [0.1, 0.15) is 24.4 Å². The zero-order chi connectivity index (χ0) is 14.7. The summed E-state index contributed by atoms with van der Waals surface area (Å²) in [7, 11) is 0. The third kappa shape index (κ3) is 3.13. The molecule has 108 valence electrons. The molecule has 0 aromatic heterocycles. The number of aliphatic carboxylic acids is 1. The van der Waals surface area contributed by atoms with Gasteiger partial charge in [0.15, 0.2) is 0 Å². The first-order valence-corrected chi connectivity index (χ1v) is 6.92. The topological polar surface area (TPSA) is 66.6 Å². The number of nitrogens with two attached hydrogens (primary N) is 1. The van der Waals surface area contributed by atoms with Gasteiger partial charge < -0.3 is 10.8 Å². The molecule has 20 heavy (non-hydrogen) atoms. The quantitative estimate of drug-likeness (QED) is 0.831. The minimum atomic E-state index is -0.829. The molecule has 1 saturated heterocycles. The van der Waals surface area contributed by atoms with Crippen molar-refractivity contribution < 1.29 is 14.3 Å². The van der Waals surface area contributed by atoms with Crippen LogP contribution in [0, 0.1) is 11.7 Å². The lowest BCUT2D eigenvalue weighted by atomic mass is 9.94.